The van der Waals surface area contributed by atoms with E-state index in [1.165, 1.54) is 169 Å². The summed E-state index contributed by atoms with van der Waals surface area (Å²) in [6.45, 7) is 8.85. The normalized spacial score (nSPS) is 12.4. The van der Waals surface area contributed by atoms with Gasteiger partial charge in [0.15, 0.2) is 0 Å². The molecule has 0 aliphatic rings. The summed E-state index contributed by atoms with van der Waals surface area (Å²) in [6.07, 6.45) is 0. The maximum atomic E-state index is 3.97. The van der Waals surface area contributed by atoms with Gasteiger partial charge in [-0.2, -0.15) is 0 Å². The minimum atomic E-state index is 0.401. The first kappa shape index (κ1) is 49.4. The molecule has 12 aromatic heterocycles. The summed E-state index contributed by atoms with van der Waals surface area (Å²) in [6, 6.07) is 18.9. The Morgan fingerprint density at radius 2 is 0.632 bits per heavy atom. The van der Waals surface area contributed by atoms with Crippen molar-refractivity contribution in [3.05, 3.63) is 101 Å². The summed E-state index contributed by atoms with van der Waals surface area (Å²) in [5, 5.41) is 5.57. The first-order chi connectivity index (χ1) is 32.6. The number of thiophene rings is 10. The van der Waals surface area contributed by atoms with E-state index in [-0.39, 0.29) is 0 Å². The summed E-state index contributed by atoms with van der Waals surface area (Å²) in [4.78, 5) is 11.0. The van der Waals surface area contributed by atoms with Crippen LogP contribution in [0.2, 0.25) is 0 Å². The van der Waals surface area contributed by atoms with Gasteiger partial charge in [0.05, 0.1) is 47.3 Å². The second-order valence-electron chi connectivity index (χ2n) is 15.8. The molecule has 0 radical (unpaired) electrons. The second kappa shape index (κ2) is 18.8. The molecule has 14 rings (SSSR count). The van der Waals surface area contributed by atoms with Crippen molar-refractivity contribution >= 4 is 361 Å². The molecule has 0 nitrogen and oxygen atoms in total. The third-order valence-electron chi connectivity index (χ3n) is 11.3. The monoisotopic (exact) mass is 1800 g/mol. The molecule has 0 bridgehead atoms. The van der Waals surface area contributed by atoms with E-state index in [2.05, 4.69) is 217 Å². The van der Waals surface area contributed by atoms with Crippen molar-refractivity contribution in [2.75, 3.05) is 0 Å². The van der Waals surface area contributed by atoms with Gasteiger partial charge in [0.2, 0.25) is 0 Å². The third-order valence-corrected chi connectivity index (χ3v) is 39.0. The van der Waals surface area contributed by atoms with Gasteiger partial charge in [0.25, 0.3) is 0 Å². The Bertz CT molecular complexity index is 3890. The van der Waals surface area contributed by atoms with Gasteiger partial charge in [-0.25, -0.2) is 0 Å². The summed E-state index contributed by atoms with van der Waals surface area (Å²) < 4.78 is 32.8. The molecular weight excluding hydrogens is 1790 g/mol. The van der Waals surface area contributed by atoms with E-state index in [0.717, 1.165) is 0 Å². The van der Waals surface area contributed by atoms with Gasteiger partial charge in [-0.05, 0) is 115 Å². The molecule has 0 saturated heterocycles. The van der Waals surface area contributed by atoms with E-state index in [0.29, 0.717) is 29.0 Å². The fourth-order valence-electron chi connectivity index (χ4n) is 8.40. The van der Waals surface area contributed by atoms with Crippen LogP contribution < -0.4 is 0 Å². The molecular formula is C48H20Br6I2S10Se2. The van der Waals surface area contributed by atoms with Crippen molar-refractivity contribution < 1.29 is 0 Å². The Balaban J connectivity index is 0.000000134. The number of hydrogen-bond donors (Lipinski definition) is 0. The van der Waals surface area contributed by atoms with Crippen molar-refractivity contribution in [3.8, 4) is 38.1 Å². The maximum absolute atomic E-state index is 3.97. The van der Waals surface area contributed by atoms with Crippen molar-refractivity contribution in [3.63, 3.8) is 0 Å². The van der Waals surface area contributed by atoms with Gasteiger partial charge >= 0.3 is 261 Å². The molecule has 0 fully saturated rings. The van der Waals surface area contributed by atoms with E-state index in [1.807, 2.05) is 113 Å². The zero-order valence-electron chi connectivity index (χ0n) is 34.5. The largest absolute Gasteiger partial charge is 0.139 e. The van der Waals surface area contributed by atoms with Gasteiger partial charge in [0.1, 0.15) is 0 Å². The Morgan fingerprint density at radius 3 is 0.897 bits per heavy atom. The summed E-state index contributed by atoms with van der Waals surface area (Å²) in [5.74, 6) is 0. The first-order valence-electron chi connectivity index (χ1n) is 20.0. The predicted molar refractivity (Wildman–Crippen MR) is 358 cm³/mol. The van der Waals surface area contributed by atoms with Crippen LogP contribution >= 0.6 is 254 Å². The van der Waals surface area contributed by atoms with Crippen LogP contribution in [0.3, 0.4) is 0 Å². The summed E-state index contributed by atoms with van der Waals surface area (Å²) >= 11 is 48.5. The van der Waals surface area contributed by atoms with Crippen molar-refractivity contribution in [2.45, 2.75) is 27.7 Å². The molecule has 14 aromatic rings. The standard InChI is InChI=1S/C24H10Br4S4Se2.C24H10Br2I2S6/c1-7-3-11(25)23(33-7)21-15(27)19-17(31-21)9-5-14-10(6-13(9)29-19)18-20(30-14)16(28)22(32-18)24-12(26)4-8(2)34-24;1-7-3-11(27)19(29-7)23-15(25)21-17(33-23)9-5-14-10(6-13(9)31-21)18-22(32-14)16(26)24(34-18)20-12(28)4-8(2)30-20/h2*3-6H,1-2H3. The number of halogens is 8. The molecule has 0 aliphatic heterocycles. The molecule has 0 amide bonds. The molecule has 0 unspecified atom stereocenters. The topological polar surface area (TPSA) is 0 Å². The second-order valence-corrected chi connectivity index (χ2v) is 39.1. The van der Waals surface area contributed by atoms with E-state index in [9.17, 15) is 0 Å². The number of aryl methyl sites for hydroxylation is 4. The van der Waals surface area contributed by atoms with Crippen molar-refractivity contribution in [2.24, 2.45) is 0 Å². The average molecular weight is 1810 g/mol. The van der Waals surface area contributed by atoms with E-state index >= 15 is 0 Å². The molecule has 12 heterocycles. The minimum Gasteiger partial charge on any atom is -0.139 e. The van der Waals surface area contributed by atoms with Crippen LogP contribution in [-0.2, 0) is 0 Å². The van der Waals surface area contributed by atoms with Gasteiger partial charge in [0, 0.05) is 37.1 Å². The zero-order valence-corrected chi connectivity index (χ0v) is 60.0. The summed E-state index contributed by atoms with van der Waals surface area (Å²) in [5.41, 5.74) is 0. The first-order valence-corrected chi connectivity index (χ1v) is 38.5. The van der Waals surface area contributed by atoms with Gasteiger partial charge in [-0.3, -0.25) is 0 Å². The van der Waals surface area contributed by atoms with Gasteiger partial charge in [-0.15, -0.1) is 68.0 Å². The summed E-state index contributed by atoms with van der Waals surface area (Å²) in [7, 11) is 0. The third kappa shape index (κ3) is 8.07. The number of fused-ring (bicyclic) bond motifs is 12. The average Bonchev–Trinajstić information content (AvgIpc) is 4.16. The van der Waals surface area contributed by atoms with E-state index in [4.69, 9.17) is 0 Å². The van der Waals surface area contributed by atoms with Gasteiger partial charge < -0.3 is 0 Å². The number of rotatable bonds is 4. The Morgan fingerprint density at radius 1 is 0.338 bits per heavy atom. The molecule has 0 atom stereocenters. The van der Waals surface area contributed by atoms with E-state index in [1.54, 1.807) is 0 Å². The Labute approximate surface area is 518 Å². The molecule has 2 aromatic carbocycles. The van der Waals surface area contributed by atoms with Crippen LogP contribution in [0.4, 0.5) is 0 Å². The zero-order chi connectivity index (χ0) is 46.9. The Kier molecular flexibility index (Phi) is 13.7. The van der Waals surface area contributed by atoms with Crippen LogP contribution in [0.1, 0.15) is 18.6 Å². The molecule has 0 aliphatic carbocycles. The van der Waals surface area contributed by atoms with Crippen LogP contribution in [0, 0.1) is 34.8 Å². The Hall–Kier alpha value is 1.86. The molecule has 20 heteroatoms. The van der Waals surface area contributed by atoms with Crippen LogP contribution in [0.15, 0.2) is 75.4 Å². The van der Waals surface area contributed by atoms with Crippen molar-refractivity contribution in [1.29, 1.82) is 0 Å². The van der Waals surface area contributed by atoms with Crippen LogP contribution in [0.5, 0.6) is 0 Å². The van der Waals surface area contributed by atoms with Crippen LogP contribution in [0.25, 0.3) is 116 Å². The SMILES string of the molecule is Cc1cc(Br)c(-c2sc3c(sc4cc5c(cc43)sc3c(Br)c(-c4[se]c(C)cc4Br)sc35)c2Br)[se]1.Cc1cc(I)c(-c2sc3c(sc4cc5c(cc43)sc3c(Br)c(-c4sc(C)cc4I)sc35)c2Br)s1. The predicted octanol–water partition coefficient (Wildman–Crippen LogP) is 25.0. The number of hydrogen-bond acceptors (Lipinski definition) is 10. The van der Waals surface area contributed by atoms with E-state index < -0.39 is 0 Å². The molecule has 340 valence electrons. The van der Waals surface area contributed by atoms with Gasteiger partial charge in [-0.1, -0.05) is 0 Å². The quantitative estimate of drug-likeness (QED) is 0.122. The maximum Gasteiger partial charge on any atom is 0.0617 e. The number of benzene rings is 2. The van der Waals surface area contributed by atoms with Crippen molar-refractivity contribution in [1.82, 2.24) is 0 Å². The minimum absolute atomic E-state index is 0.401. The smallest absolute Gasteiger partial charge is 0.0617 e. The molecule has 0 spiro atoms. The molecule has 68 heavy (non-hydrogen) atoms. The molecule has 0 N–H and O–H groups in total. The van der Waals surface area contributed by atoms with Crippen LogP contribution in [-0.4, -0.2) is 29.0 Å². The molecule has 0 saturated carbocycles. The fraction of sp³-hybridized carbons (Fsp3) is 0.0833. The fourth-order valence-corrected chi connectivity index (χ4v) is 35.9.